The maximum absolute atomic E-state index is 11.8. The Hall–Kier alpha value is -1.96. The number of nitrogens with zero attached hydrogens (tertiary/aromatic N) is 3. The predicted molar refractivity (Wildman–Crippen MR) is 74.6 cm³/mol. The predicted octanol–water partition coefficient (Wildman–Crippen LogP) is 0.0154. The molecule has 2 N–H and O–H groups in total. The Kier molecular flexibility index (Phi) is 5.26. The minimum atomic E-state index is -0.476. The van der Waals surface area contributed by atoms with Gasteiger partial charge in [0.1, 0.15) is 0 Å². The van der Waals surface area contributed by atoms with E-state index in [1.165, 1.54) is 7.11 Å². The molecule has 21 heavy (non-hydrogen) atoms. The Morgan fingerprint density at radius 2 is 2.33 bits per heavy atom. The minimum Gasteiger partial charge on any atom is -0.464 e. The fourth-order valence-corrected chi connectivity index (χ4v) is 2.50. The molecule has 0 aromatic carbocycles. The number of nitrogens with one attached hydrogen (secondary N) is 2. The Morgan fingerprint density at radius 1 is 1.52 bits per heavy atom. The molecule has 1 saturated heterocycles. The van der Waals surface area contributed by atoms with E-state index in [9.17, 15) is 9.59 Å². The molecule has 1 fully saturated rings. The van der Waals surface area contributed by atoms with Gasteiger partial charge in [0.05, 0.1) is 18.8 Å². The average Bonchev–Trinajstić information content (AvgIpc) is 3.14. The molecule has 116 valence electrons. The number of esters is 1. The quantitative estimate of drug-likeness (QED) is 0.718. The van der Waals surface area contributed by atoms with Gasteiger partial charge in [0, 0.05) is 20.0 Å². The van der Waals surface area contributed by atoms with Crippen molar-refractivity contribution in [2.24, 2.45) is 0 Å². The lowest BCUT2D eigenvalue weighted by atomic mass is 10.1. The van der Waals surface area contributed by atoms with Gasteiger partial charge in [-0.1, -0.05) is 5.21 Å². The first-order valence-electron chi connectivity index (χ1n) is 7.13. The molecule has 1 aromatic heterocycles. The molecule has 0 bridgehead atoms. The summed E-state index contributed by atoms with van der Waals surface area (Å²) < 4.78 is 6.47. The lowest BCUT2D eigenvalue weighted by Crippen LogP contribution is -2.22. The van der Waals surface area contributed by atoms with Crippen molar-refractivity contribution in [2.75, 3.05) is 20.7 Å². The van der Waals surface area contributed by atoms with E-state index < -0.39 is 5.97 Å². The monoisotopic (exact) mass is 295 g/mol. The SMILES string of the molecule is CNC(=O)CCCn1nnc(C(=O)OC)c1C1CCCN1. The number of carbonyl (C=O) groups is 2. The van der Waals surface area contributed by atoms with Crippen LogP contribution < -0.4 is 10.6 Å². The van der Waals surface area contributed by atoms with Gasteiger partial charge in [0.2, 0.25) is 5.91 Å². The molecule has 0 spiro atoms. The molecule has 8 heteroatoms. The summed E-state index contributed by atoms with van der Waals surface area (Å²) in [7, 11) is 2.94. The maximum Gasteiger partial charge on any atom is 0.360 e. The third-order valence-corrected chi connectivity index (χ3v) is 3.60. The molecule has 0 aliphatic carbocycles. The Balaban J connectivity index is 2.14. The lowest BCUT2D eigenvalue weighted by Gasteiger charge is -2.13. The van der Waals surface area contributed by atoms with Crippen LogP contribution in [0.25, 0.3) is 0 Å². The van der Waals surface area contributed by atoms with Crippen molar-refractivity contribution in [3.05, 3.63) is 11.4 Å². The van der Waals surface area contributed by atoms with E-state index in [4.69, 9.17) is 4.74 Å². The molecule has 0 saturated carbocycles. The van der Waals surface area contributed by atoms with E-state index in [1.54, 1.807) is 11.7 Å². The van der Waals surface area contributed by atoms with E-state index in [2.05, 4.69) is 20.9 Å². The highest BCUT2D eigenvalue weighted by Crippen LogP contribution is 2.25. The highest BCUT2D eigenvalue weighted by Gasteiger charge is 2.28. The van der Waals surface area contributed by atoms with Crippen LogP contribution in [0.15, 0.2) is 0 Å². The summed E-state index contributed by atoms with van der Waals surface area (Å²) >= 11 is 0. The first kappa shape index (κ1) is 15.4. The molecule has 2 rings (SSSR count). The lowest BCUT2D eigenvalue weighted by molar-refractivity contribution is -0.120. The number of carbonyl (C=O) groups excluding carboxylic acids is 2. The van der Waals surface area contributed by atoms with Crippen LogP contribution in [-0.2, 0) is 16.1 Å². The first-order valence-corrected chi connectivity index (χ1v) is 7.13. The number of aryl methyl sites for hydroxylation is 1. The molecule has 1 aliphatic rings. The molecule has 1 aliphatic heterocycles. The fraction of sp³-hybridized carbons (Fsp3) is 0.692. The Bertz CT molecular complexity index is 508. The van der Waals surface area contributed by atoms with Crippen LogP contribution in [0.1, 0.15) is 47.9 Å². The van der Waals surface area contributed by atoms with Crippen molar-refractivity contribution in [1.82, 2.24) is 25.6 Å². The molecule has 1 aromatic rings. The zero-order valence-corrected chi connectivity index (χ0v) is 12.4. The summed E-state index contributed by atoms with van der Waals surface area (Å²) in [5.74, 6) is -0.486. The zero-order valence-electron chi connectivity index (χ0n) is 12.4. The third kappa shape index (κ3) is 3.57. The summed E-state index contributed by atoms with van der Waals surface area (Å²) in [6.45, 7) is 1.46. The number of aromatic nitrogens is 3. The Labute approximate surface area is 123 Å². The van der Waals surface area contributed by atoms with Crippen LogP contribution in [0, 0.1) is 0 Å². The molecule has 8 nitrogen and oxygen atoms in total. The van der Waals surface area contributed by atoms with Gasteiger partial charge in [0.25, 0.3) is 0 Å². The fourth-order valence-electron chi connectivity index (χ4n) is 2.50. The highest BCUT2D eigenvalue weighted by atomic mass is 16.5. The van der Waals surface area contributed by atoms with Crippen LogP contribution in [0.4, 0.5) is 0 Å². The minimum absolute atomic E-state index is 0.0103. The van der Waals surface area contributed by atoms with Gasteiger partial charge < -0.3 is 15.4 Å². The summed E-state index contributed by atoms with van der Waals surface area (Å²) in [5, 5.41) is 13.9. The van der Waals surface area contributed by atoms with E-state index in [0.29, 0.717) is 19.4 Å². The molecule has 0 radical (unpaired) electrons. The number of ether oxygens (including phenoxy) is 1. The number of hydrogen-bond acceptors (Lipinski definition) is 6. The molecule has 1 atom stereocenters. The van der Waals surface area contributed by atoms with Crippen molar-refractivity contribution in [1.29, 1.82) is 0 Å². The molecule has 2 heterocycles. The molecule has 1 amide bonds. The average molecular weight is 295 g/mol. The highest BCUT2D eigenvalue weighted by molar-refractivity contribution is 5.88. The zero-order chi connectivity index (χ0) is 15.2. The Morgan fingerprint density at radius 3 is 2.95 bits per heavy atom. The standard InChI is InChI=1S/C13H21N5O3/c1-14-10(19)6-4-8-18-12(9-5-3-7-15-9)11(16-17-18)13(20)21-2/h9,15H,3-8H2,1-2H3,(H,14,19). The van der Waals surface area contributed by atoms with Gasteiger partial charge in [-0.15, -0.1) is 5.10 Å². The topological polar surface area (TPSA) is 98.1 Å². The molecule has 1 unspecified atom stereocenters. The van der Waals surface area contributed by atoms with Gasteiger partial charge in [-0.05, 0) is 25.8 Å². The summed E-state index contributed by atoms with van der Waals surface area (Å²) in [6.07, 6.45) is 3.05. The second kappa shape index (κ2) is 7.16. The van der Waals surface area contributed by atoms with Gasteiger partial charge in [-0.25, -0.2) is 9.48 Å². The second-order valence-electron chi connectivity index (χ2n) is 4.96. The number of amides is 1. The largest absolute Gasteiger partial charge is 0.464 e. The van der Waals surface area contributed by atoms with Crippen LogP contribution >= 0.6 is 0 Å². The third-order valence-electron chi connectivity index (χ3n) is 3.60. The van der Waals surface area contributed by atoms with Crippen molar-refractivity contribution in [2.45, 2.75) is 38.3 Å². The van der Waals surface area contributed by atoms with Crippen LogP contribution in [0.5, 0.6) is 0 Å². The van der Waals surface area contributed by atoms with E-state index in [-0.39, 0.29) is 17.6 Å². The first-order chi connectivity index (χ1) is 10.2. The molecular formula is C13H21N5O3. The van der Waals surface area contributed by atoms with Crippen LogP contribution in [0.2, 0.25) is 0 Å². The number of hydrogen-bond donors (Lipinski definition) is 2. The summed E-state index contributed by atoms with van der Waals surface area (Å²) in [5.41, 5.74) is 1.02. The molecular weight excluding hydrogens is 274 g/mol. The van der Waals surface area contributed by atoms with E-state index in [1.807, 2.05) is 0 Å². The number of rotatable bonds is 6. The van der Waals surface area contributed by atoms with Crippen molar-refractivity contribution in [3.63, 3.8) is 0 Å². The smallest absolute Gasteiger partial charge is 0.360 e. The van der Waals surface area contributed by atoms with E-state index >= 15 is 0 Å². The van der Waals surface area contributed by atoms with Gasteiger partial charge >= 0.3 is 5.97 Å². The van der Waals surface area contributed by atoms with Crippen LogP contribution in [-0.4, -0.2) is 47.6 Å². The van der Waals surface area contributed by atoms with Crippen molar-refractivity contribution >= 4 is 11.9 Å². The number of methoxy groups -OCH3 is 1. The normalized spacial score (nSPS) is 17.7. The second-order valence-corrected chi connectivity index (χ2v) is 4.96. The van der Waals surface area contributed by atoms with E-state index in [0.717, 1.165) is 25.1 Å². The van der Waals surface area contributed by atoms with Crippen molar-refractivity contribution in [3.8, 4) is 0 Å². The van der Waals surface area contributed by atoms with Gasteiger partial charge in [-0.2, -0.15) is 0 Å². The summed E-state index contributed by atoms with van der Waals surface area (Å²) in [4.78, 5) is 23.1. The van der Waals surface area contributed by atoms with Gasteiger partial charge in [-0.3, -0.25) is 4.79 Å². The summed E-state index contributed by atoms with van der Waals surface area (Å²) in [6, 6.07) is 0.0640. The van der Waals surface area contributed by atoms with Gasteiger partial charge in [0.15, 0.2) is 5.69 Å². The maximum atomic E-state index is 11.8. The van der Waals surface area contributed by atoms with Crippen molar-refractivity contribution < 1.29 is 14.3 Å². The van der Waals surface area contributed by atoms with Crippen LogP contribution in [0.3, 0.4) is 0 Å².